The molecular formula is C13H13N3O2. The molecule has 18 heavy (non-hydrogen) atoms. The molecule has 0 unspecified atom stereocenters. The van der Waals surface area contributed by atoms with Crippen LogP contribution in [0.25, 0.3) is 0 Å². The molecule has 0 bridgehead atoms. The molecule has 5 heteroatoms. The molecule has 0 fully saturated rings. The number of hydrogen-bond acceptors (Lipinski definition) is 4. The van der Waals surface area contributed by atoms with Crippen LogP contribution in [0, 0.1) is 5.41 Å². The van der Waals surface area contributed by atoms with E-state index < -0.39 is 0 Å². The maximum absolute atomic E-state index is 7.42. The Bertz CT molecular complexity index is 552. The second kappa shape index (κ2) is 5.18. The van der Waals surface area contributed by atoms with Crippen molar-refractivity contribution in [2.75, 3.05) is 7.11 Å². The van der Waals surface area contributed by atoms with Gasteiger partial charge in [-0.2, -0.15) is 0 Å². The molecule has 0 radical (unpaired) electrons. The summed E-state index contributed by atoms with van der Waals surface area (Å²) in [6, 6.07) is 10.6. The summed E-state index contributed by atoms with van der Waals surface area (Å²) in [4.78, 5) is 4.01. The number of aromatic nitrogens is 1. The van der Waals surface area contributed by atoms with Crippen molar-refractivity contribution < 1.29 is 9.47 Å². The molecule has 1 aromatic carbocycles. The van der Waals surface area contributed by atoms with Crippen LogP contribution in [0.3, 0.4) is 0 Å². The summed E-state index contributed by atoms with van der Waals surface area (Å²) in [5, 5.41) is 7.42. The Morgan fingerprint density at radius 2 is 1.83 bits per heavy atom. The molecule has 0 aliphatic rings. The summed E-state index contributed by atoms with van der Waals surface area (Å²) in [6.45, 7) is 0. The number of benzene rings is 1. The van der Waals surface area contributed by atoms with E-state index >= 15 is 0 Å². The fourth-order valence-electron chi connectivity index (χ4n) is 1.45. The molecule has 0 saturated heterocycles. The minimum absolute atomic E-state index is 0.126. The van der Waals surface area contributed by atoms with E-state index in [0.717, 1.165) is 5.75 Å². The van der Waals surface area contributed by atoms with Gasteiger partial charge in [0.1, 0.15) is 23.0 Å². The second-order valence-corrected chi connectivity index (χ2v) is 3.54. The Hall–Kier alpha value is -2.56. The van der Waals surface area contributed by atoms with E-state index in [1.165, 1.54) is 0 Å². The quantitative estimate of drug-likeness (QED) is 0.637. The van der Waals surface area contributed by atoms with E-state index in [9.17, 15) is 0 Å². The van der Waals surface area contributed by atoms with Crippen molar-refractivity contribution in [2.45, 2.75) is 0 Å². The number of hydrogen-bond donors (Lipinski definition) is 2. The summed E-state index contributed by atoms with van der Waals surface area (Å²) in [7, 11) is 1.60. The highest BCUT2D eigenvalue weighted by Crippen LogP contribution is 2.25. The van der Waals surface area contributed by atoms with Crippen LogP contribution in [0.1, 0.15) is 5.69 Å². The first kappa shape index (κ1) is 11.9. The van der Waals surface area contributed by atoms with Gasteiger partial charge in [0.25, 0.3) is 0 Å². The summed E-state index contributed by atoms with van der Waals surface area (Å²) in [5.41, 5.74) is 5.76. The average Bonchev–Trinajstić information content (AvgIpc) is 2.40. The molecular weight excluding hydrogens is 230 g/mol. The molecule has 0 atom stereocenters. The second-order valence-electron chi connectivity index (χ2n) is 3.54. The molecule has 0 spiro atoms. The van der Waals surface area contributed by atoms with Gasteiger partial charge >= 0.3 is 0 Å². The Balaban J connectivity index is 2.25. The van der Waals surface area contributed by atoms with Gasteiger partial charge in [0.2, 0.25) is 0 Å². The van der Waals surface area contributed by atoms with Crippen molar-refractivity contribution in [1.29, 1.82) is 5.41 Å². The summed E-state index contributed by atoms with van der Waals surface area (Å²) >= 11 is 0. The molecule has 1 heterocycles. The van der Waals surface area contributed by atoms with Crippen molar-refractivity contribution in [2.24, 2.45) is 5.73 Å². The van der Waals surface area contributed by atoms with Crippen LogP contribution in [-0.4, -0.2) is 17.9 Å². The average molecular weight is 243 g/mol. The molecule has 2 aromatic rings. The number of amidine groups is 1. The third-order valence-electron chi connectivity index (χ3n) is 2.31. The SMILES string of the molecule is COc1ccc(Oc2cccnc2C(=N)N)cc1. The third-order valence-corrected chi connectivity index (χ3v) is 2.31. The van der Waals surface area contributed by atoms with E-state index in [-0.39, 0.29) is 5.84 Å². The van der Waals surface area contributed by atoms with Gasteiger partial charge in [0.05, 0.1) is 7.11 Å². The molecule has 0 saturated carbocycles. The normalized spacial score (nSPS) is 9.83. The highest BCUT2D eigenvalue weighted by Gasteiger charge is 2.08. The van der Waals surface area contributed by atoms with Crippen LogP contribution in [0.15, 0.2) is 42.6 Å². The number of nitrogens with one attached hydrogen (secondary N) is 1. The van der Waals surface area contributed by atoms with E-state index in [1.807, 2.05) is 0 Å². The zero-order valence-electron chi connectivity index (χ0n) is 9.88. The lowest BCUT2D eigenvalue weighted by molar-refractivity contribution is 0.412. The van der Waals surface area contributed by atoms with Gasteiger partial charge in [0, 0.05) is 6.20 Å². The first-order valence-corrected chi connectivity index (χ1v) is 5.32. The number of pyridine rings is 1. The maximum atomic E-state index is 7.42. The highest BCUT2D eigenvalue weighted by molar-refractivity contribution is 5.95. The highest BCUT2D eigenvalue weighted by atomic mass is 16.5. The van der Waals surface area contributed by atoms with E-state index in [2.05, 4.69) is 4.98 Å². The van der Waals surface area contributed by atoms with Crippen molar-refractivity contribution in [1.82, 2.24) is 4.98 Å². The van der Waals surface area contributed by atoms with Gasteiger partial charge in [0.15, 0.2) is 5.75 Å². The lowest BCUT2D eigenvalue weighted by atomic mass is 10.3. The van der Waals surface area contributed by atoms with E-state index in [1.54, 1.807) is 49.7 Å². The molecule has 1 aromatic heterocycles. The van der Waals surface area contributed by atoms with Gasteiger partial charge in [-0.1, -0.05) is 0 Å². The van der Waals surface area contributed by atoms with Crippen LogP contribution in [-0.2, 0) is 0 Å². The number of methoxy groups -OCH3 is 1. The maximum Gasteiger partial charge on any atom is 0.156 e. The fourth-order valence-corrected chi connectivity index (χ4v) is 1.45. The Morgan fingerprint density at radius 1 is 1.17 bits per heavy atom. The predicted molar refractivity (Wildman–Crippen MR) is 68.3 cm³/mol. The zero-order chi connectivity index (χ0) is 13.0. The standard InChI is InChI=1S/C13H13N3O2/c1-17-9-4-6-10(7-5-9)18-11-3-2-8-16-12(11)13(14)15/h2-8H,1H3,(H3,14,15). The number of rotatable bonds is 4. The van der Waals surface area contributed by atoms with Gasteiger partial charge in [-0.3, -0.25) is 5.41 Å². The van der Waals surface area contributed by atoms with Gasteiger partial charge in [-0.25, -0.2) is 4.98 Å². The molecule has 0 aliphatic carbocycles. The number of ether oxygens (including phenoxy) is 2. The minimum atomic E-state index is -0.126. The summed E-state index contributed by atoms with van der Waals surface area (Å²) < 4.78 is 10.7. The number of nitrogens with zero attached hydrogens (tertiary/aromatic N) is 1. The van der Waals surface area contributed by atoms with Crippen LogP contribution in [0.5, 0.6) is 17.2 Å². The zero-order valence-corrected chi connectivity index (χ0v) is 9.88. The lowest BCUT2D eigenvalue weighted by Gasteiger charge is -2.09. The van der Waals surface area contributed by atoms with Crippen molar-refractivity contribution in [3.05, 3.63) is 48.3 Å². The van der Waals surface area contributed by atoms with E-state index in [0.29, 0.717) is 17.2 Å². The molecule has 92 valence electrons. The predicted octanol–water partition coefficient (Wildman–Crippen LogP) is 2.17. The molecule has 0 amide bonds. The minimum Gasteiger partial charge on any atom is -0.497 e. The number of nitrogen functional groups attached to an aromatic ring is 1. The molecule has 0 aliphatic heterocycles. The summed E-state index contributed by atoms with van der Waals surface area (Å²) in [6.07, 6.45) is 1.57. The largest absolute Gasteiger partial charge is 0.497 e. The Kier molecular flexibility index (Phi) is 3.43. The van der Waals surface area contributed by atoms with Crippen LogP contribution < -0.4 is 15.2 Å². The first-order valence-electron chi connectivity index (χ1n) is 5.32. The van der Waals surface area contributed by atoms with E-state index in [4.69, 9.17) is 20.6 Å². The monoisotopic (exact) mass is 243 g/mol. The summed E-state index contributed by atoms with van der Waals surface area (Å²) in [5.74, 6) is 1.71. The first-order chi connectivity index (χ1) is 8.70. The van der Waals surface area contributed by atoms with Crippen molar-refractivity contribution >= 4 is 5.84 Å². The third kappa shape index (κ3) is 2.57. The van der Waals surface area contributed by atoms with Crippen molar-refractivity contribution in [3.8, 4) is 17.2 Å². The lowest BCUT2D eigenvalue weighted by Crippen LogP contribution is -2.14. The number of nitrogens with two attached hydrogens (primary N) is 1. The molecule has 3 N–H and O–H groups in total. The fraction of sp³-hybridized carbons (Fsp3) is 0.0769. The van der Waals surface area contributed by atoms with Crippen molar-refractivity contribution in [3.63, 3.8) is 0 Å². The van der Waals surface area contributed by atoms with Gasteiger partial charge in [-0.05, 0) is 36.4 Å². The Morgan fingerprint density at radius 3 is 2.44 bits per heavy atom. The molecule has 5 nitrogen and oxygen atoms in total. The topological polar surface area (TPSA) is 81.2 Å². The Labute approximate surface area is 105 Å². The van der Waals surface area contributed by atoms with Crippen LogP contribution >= 0.6 is 0 Å². The molecule has 2 rings (SSSR count). The smallest absolute Gasteiger partial charge is 0.156 e. The van der Waals surface area contributed by atoms with Gasteiger partial charge < -0.3 is 15.2 Å². The van der Waals surface area contributed by atoms with Gasteiger partial charge in [-0.15, -0.1) is 0 Å². The van der Waals surface area contributed by atoms with Crippen LogP contribution in [0.4, 0.5) is 0 Å². The van der Waals surface area contributed by atoms with Crippen LogP contribution in [0.2, 0.25) is 0 Å².